The number of carbonyl (C=O) groups is 1. The van der Waals surface area contributed by atoms with Crippen molar-refractivity contribution < 1.29 is 9.53 Å². The monoisotopic (exact) mass is 290 g/mol. The summed E-state index contributed by atoms with van der Waals surface area (Å²) in [5, 5.41) is 3.03. The van der Waals surface area contributed by atoms with E-state index < -0.39 is 0 Å². The highest BCUT2D eigenvalue weighted by molar-refractivity contribution is 5.81. The van der Waals surface area contributed by atoms with Gasteiger partial charge in [-0.2, -0.15) is 0 Å². The maximum Gasteiger partial charge on any atom is 0.249 e. The Morgan fingerprint density at radius 2 is 1.86 bits per heavy atom. The molecule has 1 amide bonds. The van der Waals surface area contributed by atoms with E-state index in [1.807, 2.05) is 6.92 Å². The molecule has 0 saturated carbocycles. The van der Waals surface area contributed by atoms with Crippen LogP contribution in [0.2, 0.25) is 0 Å². The number of rotatable bonds is 5. The fraction of sp³-hybridized carbons (Fsp3) is 0.588. The van der Waals surface area contributed by atoms with Crippen LogP contribution >= 0.6 is 0 Å². The van der Waals surface area contributed by atoms with Gasteiger partial charge in [-0.3, -0.25) is 4.79 Å². The fourth-order valence-electron chi connectivity index (χ4n) is 2.63. The lowest BCUT2D eigenvalue weighted by Crippen LogP contribution is -2.37. The lowest BCUT2D eigenvalue weighted by atomic mass is 9.99. The van der Waals surface area contributed by atoms with Crippen molar-refractivity contribution in [2.75, 3.05) is 6.54 Å². The zero-order valence-corrected chi connectivity index (χ0v) is 13.1. The van der Waals surface area contributed by atoms with Gasteiger partial charge in [0, 0.05) is 6.54 Å². The molecular formula is C17H26N2O2. The molecule has 1 aromatic rings. The van der Waals surface area contributed by atoms with E-state index in [9.17, 15) is 4.79 Å². The molecule has 4 heteroatoms. The average molecular weight is 290 g/mol. The zero-order chi connectivity index (χ0) is 15.4. The Morgan fingerprint density at radius 3 is 2.38 bits per heavy atom. The van der Waals surface area contributed by atoms with Crippen LogP contribution in [-0.4, -0.2) is 24.7 Å². The number of hydrogen-bond donors (Lipinski definition) is 2. The maximum atomic E-state index is 12.2. The molecule has 0 radical (unpaired) electrons. The summed E-state index contributed by atoms with van der Waals surface area (Å²) < 4.78 is 5.62. The van der Waals surface area contributed by atoms with Gasteiger partial charge in [0.2, 0.25) is 5.91 Å². The minimum Gasteiger partial charge on any atom is -0.364 e. The van der Waals surface area contributed by atoms with Crippen LogP contribution in [0.15, 0.2) is 24.3 Å². The first-order valence-corrected chi connectivity index (χ1v) is 7.77. The van der Waals surface area contributed by atoms with E-state index in [2.05, 4.69) is 43.4 Å². The fourth-order valence-corrected chi connectivity index (χ4v) is 2.63. The molecule has 3 unspecified atom stereocenters. The molecule has 2 rings (SSSR count). The predicted octanol–water partition coefficient (Wildman–Crippen LogP) is 2.49. The van der Waals surface area contributed by atoms with Crippen LogP contribution in [0, 0.1) is 0 Å². The summed E-state index contributed by atoms with van der Waals surface area (Å²) in [5.74, 6) is 0.482. The Morgan fingerprint density at radius 1 is 1.24 bits per heavy atom. The first-order valence-electron chi connectivity index (χ1n) is 7.77. The Bertz CT molecular complexity index is 470. The van der Waals surface area contributed by atoms with Gasteiger partial charge < -0.3 is 15.8 Å². The first-order chi connectivity index (χ1) is 10.0. The molecule has 1 aliphatic rings. The minimum atomic E-state index is -0.351. The van der Waals surface area contributed by atoms with Crippen LogP contribution in [-0.2, 0) is 9.53 Å². The van der Waals surface area contributed by atoms with E-state index in [-0.39, 0.29) is 24.2 Å². The van der Waals surface area contributed by atoms with Gasteiger partial charge in [0.1, 0.15) is 6.10 Å². The van der Waals surface area contributed by atoms with Crippen LogP contribution in [0.3, 0.4) is 0 Å². The maximum absolute atomic E-state index is 12.2. The Labute approximate surface area is 127 Å². The molecule has 1 fully saturated rings. The number of benzene rings is 1. The molecule has 0 spiro atoms. The van der Waals surface area contributed by atoms with Crippen molar-refractivity contribution in [3.05, 3.63) is 35.4 Å². The summed E-state index contributed by atoms with van der Waals surface area (Å²) in [6.07, 6.45) is 1.30. The lowest BCUT2D eigenvalue weighted by Gasteiger charge is -2.18. The number of ether oxygens (including phenoxy) is 1. The van der Waals surface area contributed by atoms with Crippen molar-refractivity contribution in [3.63, 3.8) is 0 Å². The second kappa shape index (κ2) is 7.05. The number of carbonyl (C=O) groups excluding carboxylic acids is 1. The Hall–Kier alpha value is -1.39. The number of amides is 1. The van der Waals surface area contributed by atoms with E-state index in [0.29, 0.717) is 12.5 Å². The molecule has 0 bridgehead atoms. The second-order valence-electron chi connectivity index (χ2n) is 6.11. The van der Waals surface area contributed by atoms with Crippen LogP contribution in [0.4, 0.5) is 0 Å². The summed E-state index contributed by atoms with van der Waals surface area (Å²) in [7, 11) is 0. The summed E-state index contributed by atoms with van der Waals surface area (Å²) in [6, 6.07) is 8.40. The predicted molar refractivity (Wildman–Crippen MR) is 84.0 cm³/mol. The van der Waals surface area contributed by atoms with Crippen molar-refractivity contribution in [2.45, 2.75) is 57.8 Å². The number of hydrogen-bond acceptors (Lipinski definition) is 3. The van der Waals surface area contributed by atoms with Gasteiger partial charge in [0.25, 0.3) is 0 Å². The van der Waals surface area contributed by atoms with Crippen LogP contribution in [0.25, 0.3) is 0 Å². The van der Waals surface area contributed by atoms with E-state index in [1.54, 1.807) is 0 Å². The summed E-state index contributed by atoms with van der Waals surface area (Å²) in [5.41, 5.74) is 7.99. The molecule has 1 heterocycles. The normalized spacial score (nSPS) is 23.3. The quantitative estimate of drug-likeness (QED) is 0.875. The molecule has 4 nitrogen and oxygen atoms in total. The van der Waals surface area contributed by atoms with Gasteiger partial charge in [-0.15, -0.1) is 0 Å². The average Bonchev–Trinajstić information content (AvgIpc) is 2.96. The van der Waals surface area contributed by atoms with Gasteiger partial charge in [-0.05, 0) is 36.8 Å². The third-order valence-electron chi connectivity index (χ3n) is 4.12. The number of nitrogens with two attached hydrogens (primary N) is 1. The van der Waals surface area contributed by atoms with E-state index in [1.165, 1.54) is 5.56 Å². The van der Waals surface area contributed by atoms with Gasteiger partial charge in [-0.25, -0.2) is 0 Å². The van der Waals surface area contributed by atoms with Crippen molar-refractivity contribution >= 4 is 5.91 Å². The molecule has 0 aliphatic carbocycles. The van der Waals surface area contributed by atoms with Crippen molar-refractivity contribution in [1.82, 2.24) is 5.32 Å². The molecule has 1 aliphatic heterocycles. The van der Waals surface area contributed by atoms with Crippen LogP contribution < -0.4 is 11.1 Å². The van der Waals surface area contributed by atoms with Crippen molar-refractivity contribution in [3.8, 4) is 0 Å². The summed E-state index contributed by atoms with van der Waals surface area (Å²) in [4.78, 5) is 12.2. The van der Waals surface area contributed by atoms with E-state index >= 15 is 0 Å². The topological polar surface area (TPSA) is 64.4 Å². The highest BCUT2D eigenvalue weighted by atomic mass is 16.5. The van der Waals surface area contributed by atoms with Gasteiger partial charge in [-0.1, -0.05) is 38.1 Å². The molecule has 0 aromatic heterocycles. The summed E-state index contributed by atoms with van der Waals surface area (Å²) >= 11 is 0. The third kappa shape index (κ3) is 4.05. The van der Waals surface area contributed by atoms with E-state index in [0.717, 1.165) is 18.4 Å². The summed E-state index contributed by atoms with van der Waals surface area (Å²) in [6.45, 7) is 6.82. The zero-order valence-electron chi connectivity index (χ0n) is 13.1. The third-order valence-corrected chi connectivity index (χ3v) is 4.12. The second-order valence-corrected chi connectivity index (χ2v) is 6.11. The SMILES string of the molecule is CC(C)c1ccc(C(C)NC(=O)C2CCC(CN)O2)cc1. The van der Waals surface area contributed by atoms with Gasteiger partial charge in [0.05, 0.1) is 12.1 Å². The van der Waals surface area contributed by atoms with Crippen molar-refractivity contribution in [1.29, 1.82) is 0 Å². The molecule has 1 saturated heterocycles. The van der Waals surface area contributed by atoms with Gasteiger partial charge in [0.15, 0.2) is 0 Å². The smallest absolute Gasteiger partial charge is 0.249 e. The largest absolute Gasteiger partial charge is 0.364 e. The molecule has 1 aromatic carbocycles. The number of nitrogens with one attached hydrogen (secondary N) is 1. The molecular weight excluding hydrogens is 264 g/mol. The van der Waals surface area contributed by atoms with Gasteiger partial charge >= 0.3 is 0 Å². The Kier molecular flexibility index (Phi) is 5.37. The minimum absolute atomic E-state index is 0.0146. The first kappa shape index (κ1) is 16.0. The molecule has 116 valence electrons. The van der Waals surface area contributed by atoms with Crippen LogP contribution in [0.5, 0.6) is 0 Å². The van der Waals surface area contributed by atoms with E-state index in [4.69, 9.17) is 10.5 Å². The lowest BCUT2D eigenvalue weighted by molar-refractivity contribution is -0.132. The highest BCUT2D eigenvalue weighted by Gasteiger charge is 2.30. The standard InChI is InChI=1S/C17H26N2O2/c1-11(2)13-4-6-14(7-5-13)12(3)19-17(20)16-9-8-15(10-18)21-16/h4-7,11-12,15-16H,8-10,18H2,1-3H3,(H,19,20). The van der Waals surface area contributed by atoms with Crippen LogP contribution in [0.1, 0.15) is 56.7 Å². The molecule has 3 N–H and O–H groups in total. The Balaban J connectivity index is 1.91. The molecule has 21 heavy (non-hydrogen) atoms. The van der Waals surface area contributed by atoms with Crippen molar-refractivity contribution in [2.24, 2.45) is 5.73 Å². The molecule has 3 atom stereocenters. The highest BCUT2D eigenvalue weighted by Crippen LogP contribution is 2.21.